The van der Waals surface area contributed by atoms with Crippen LogP contribution in [0.2, 0.25) is 0 Å². The number of phenols is 1. The molecule has 322 valence electrons. The molecule has 0 radical (unpaired) electrons. The van der Waals surface area contributed by atoms with E-state index in [1.54, 1.807) is 6.20 Å². The molecule has 0 atom stereocenters. The molecule has 4 heterocycles. The van der Waals surface area contributed by atoms with Crippen molar-refractivity contribution in [3.8, 4) is 67.7 Å². The fraction of sp³-hybridized carbons (Fsp3) is 0.138. The molecule has 0 aliphatic carbocycles. The van der Waals surface area contributed by atoms with E-state index in [-0.39, 0.29) is 37.6 Å². The van der Waals surface area contributed by atoms with Crippen LogP contribution in [0.3, 0.4) is 0 Å². The van der Waals surface area contributed by atoms with Crippen LogP contribution in [-0.4, -0.2) is 19.6 Å². The second-order valence-corrected chi connectivity index (χ2v) is 18.8. The molecule has 11 aromatic rings. The predicted molar refractivity (Wildman–Crippen MR) is 261 cm³/mol. The zero-order valence-electron chi connectivity index (χ0n) is 37.0. The Balaban J connectivity index is 0.00000498. The zero-order chi connectivity index (χ0) is 43.9. The van der Waals surface area contributed by atoms with Crippen LogP contribution in [-0.2, 0) is 31.9 Å². The van der Waals surface area contributed by atoms with E-state index >= 15 is 0 Å². The van der Waals surface area contributed by atoms with Crippen molar-refractivity contribution in [1.82, 2.24) is 14.5 Å². The normalized spacial score (nSPS) is 12.1. The molecule has 65 heavy (non-hydrogen) atoms. The van der Waals surface area contributed by atoms with Crippen molar-refractivity contribution in [2.24, 2.45) is 0 Å². The van der Waals surface area contributed by atoms with E-state index in [0.717, 1.165) is 100 Å². The standard InChI is InChI=1S/C58H46N3O3.Pt/c1-57(2,3)40-32-45(55(62)46(33-40)58(4,5)6)56-60-54-42(22-15-24-49(54)61(56)48-23-12-10-20-41(48)35-16-8-7-9-17-35)36-18-14-19-37(28-36)47-29-39-31-51(64-53(39)34-59-47)38-26-27-44-43-21-11-13-25-50(43)63-52(44)30-38;/h7-27,29-34,62H,1-6H3;/q-1;. The maximum Gasteiger partial charge on any atom is 0.151 e. The van der Waals surface area contributed by atoms with Crippen LogP contribution in [0.25, 0.3) is 106 Å². The molecular weight excluding hydrogens is 982 g/mol. The number of furan rings is 2. The Morgan fingerprint density at radius 3 is 2.11 bits per heavy atom. The van der Waals surface area contributed by atoms with Gasteiger partial charge in [-0.1, -0.05) is 150 Å². The van der Waals surface area contributed by atoms with Crippen LogP contribution in [0.4, 0.5) is 0 Å². The molecule has 0 aliphatic rings. The van der Waals surface area contributed by atoms with Gasteiger partial charge in [-0.05, 0) is 64.4 Å². The Morgan fingerprint density at radius 1 is 0.569 bits per heavy atom. The number of rotatable bonds is 6. The number of hydrogen-bond donors (Lipinski definition) is 1. The summed E-state index contributed by atoms with van der Waals surface area (Å²) in [5, 5.41) is 15.4. The van der Waals surface area contributed by atoms with Gasteiger partial charge in [0.1, 0.15) is 28.5 Å². The minimum atomic E-state index is -0.321. The third-order valence-corrected chi connectivity index (χ3v) is 12.4. The summed E-state index contributed by atoms with van der Waals surface area (Å²) in [5.41, 5.74) is 13.8. The average molecular weight is 1030 g/mol. The number of fused-ring (bicyclic) bond motifs is 5. The van der Waals surface area contributed by atoms with Gasteiger partial charge in [0, 0.05) is 59.6 Å². The summed E-state index contributed by atoms with van der Waals surface area (Å²) in [6.07, 6.45) is 1.79. The van der Waals surface area contributed by atoms with Crippen molar-refractivity contribution in [2.45, 2.75) is 52.4 Å². The van der Waals surface area contributed by atoms with Crippen LogP contribution in [0.1, 0.15) is 52.7 Å². The fourth-order valence-electron chi connectivity index (χ4n) is 8.97. The van der Waals surface area contributed by atoms with Gasteiger partial charge >= 0.3 is 0 Å². The van der Waals surface area contributed by atoms with Crippen LogP contribution in [0.15, 0.2) is 173 Å². The van der Waals surface area contributed by atoms with E-state index in [1.807, 2.05) is 42.5 Å². The molecule has 4 aromatic heterocycles. The molecule has 0 bridgehead atoms. The first-order chi connectivity index (χ1) is 30.9. The molecule has 7 aromatic carbocycles. The van der Waals surface area contributed by atoms with Crippen LogP contribution in [0.5, 0.6) is 5.75 Å². The molecule has 0 spiro atoms. The minimum Gasteiger partial charge on any atom is -0.507 e. The second kappa shape index (κ2) is 15.9. The summed E-state index contributed by atoms with van der Waals surface area (Å²) >= 11 is 0. The van der Waals surface area contributed by atoms with E-state index in [2.05, 4.69) is 167 Å². The topological polar surface area (TPSA) is 77.2 Å². The molecule has 0 saturated heterocycles. The molecule has 0 amide bonds. The summed E-state index contributed by atoms with van der Waals surface area (Å²) in [5.74, 6) is 1.65. The van der Waals surface area contributed by atoms with Gasteiger partial charge in [-0.3, -0.25) is 9.55 Å². The Labute approximate surface area is 392 Å². The third-order valence-electron chi connectivity index (χ3n) is 12.4. The molecule has 0 fully saturated rings. The SMILES string of the molecule is CC(C)(C)c1cc(-c2nc3c(-c4[c-]c(-c5cc6cc(-c7ccc8c(c7)oc7ccccc78)oc6cn5)ccc4)cccc3n2-c2ccccc2-c2ccccc2)c(O)c(C(C)(C)C)c1.[Pt]. The first kappa shape index (κ1) is 42.0. The molecular formula is C58H46N3O3Pt-. The number of pyridine rings is 1. The zero-order valence-corrected chi connectivity index (χ0v) is 39.3. The number of para-hydroxylation sites is 3. The minimum absolute atomic E-state index is 0. The fourth-order valence-corrected chi connectivity index (χ4v) is 8.97. The second-order valence-electron chi connectivity index (χ2n) is 18.8. The predicted octanol–water partition coefficient (Wildman–Crippen LogP) is 15.5. The average Bonchev–Trinajstić information content (AvgIpc) is 4.02. The number of hydrogen-bond acceptors (Lipinski definition) is 5. The monoisotopic (exact) mass is 1030 g/mol. The third kappa shape index (κ3) is 7.36. The molecule has 0 saturated carbocycles. The van der Waals surface area contributed by atoms with Gasteiger partial charge in [0.2, 0.25) is 0 Å². The van der Waals surface area contributed by atoms with E-state index in [0.29, 0.717) is 17.0 Å². The summed E-state index contributed by atoms with van der Waals surface area (Å²) in [4.78, 5) is 10.4. The quantitative estimate of drug-likeness (QED) is 0.168. The summed E-state index contributed by atoms with van der Waals surface area (Å²) in [6, 6.07) is 57.8. The number of nitrogens with zero attached hydrogens (tertiary/aromatic N) is 3. The number of aromatic nitrogens is 3. The molecule has 0 aliphatic heterocycles. The molecule has 6 nitrogen and oxygen atoms in total. The van der Waals surface area contributed by atoms with Gasteiger partial charge in [0.15, 0.2) is 5.58 Å². The summed E-state index contributed by atoms with van der Waals surface area (Å²) < 4.78 is 14.7. The van der Waals surface area contributed by atoms with Gasteiger partial charge in [0.05, 0.1) is 28.5 Å². The van der Waals surface area contributed by atoms with Gasteiger partial charge in [-0.2, -0.15) is 0 Å². The van der Waals surface area contributed by atoms with Crippen LogP contribution in [0, 0.1) is 6.07 Å². The Kier molecular flexibility index (Phi) is 10.3. The number of aromatic hydroxyl groups is 1. The molecule has 7 heteroatoms. The van der Waals surface area contributed by atoms with Gasteiger partial charge in [0.25, 0.3) is 0 Å². The Bertz CT molecular complexity index is 3600. The molecule has 1 N–H and O–H groups in total. The first-order valence-electron chi connectivity index (χ1n) is 21.8. The number of imidazole rings is 1. The van der Waals surface area contributed by atoms with E-state index in [4.69, 9.17) is 18.8 Å². The largest absolute Gasteiger partial charge is 0.507 e. The van der Waals surface area contributed by atoms with Crippen molar-refractivity contribution in [3.63, 3.8) is 0 Å². The van der Waals surface area contributed by atoms with Crippen molar-refractivity contribution >= 4 is 43.9 Å². The maximum atomic E-state index is 12.3. The Morgan fingerprint density at radius 2 is 1.29 bits per heavy atom. The first-order valence-corrected chi connectivity index (χ1v) is 21.8. The van der Waals surface area contributed by atoms with Gasteiger partial charge in [-0.15, -0.1) is 29.8 Å². The number of benzene rings is 7. The van der Waals surface area contributed by atoms with Crippen molar-refractivity contribution < 1.29 is 35.0 Å². The van der Waals surface area contributed by atoms with E-state index < -0.39 is 0 Å². The molecule has 0 unspecified atom stereocenters. The molecule has 11 rings (SSSR count). The smallest absolute Gasteiger partial charge is 0.151 e. The van der Waals surface area contributed by atoms with E-state index in [1.165, 1.54) is 0 Å². The van der Waals surface area contributed by atoms with Gasteiger partial charge in [-0.25, -0.2) is 4.98 Å². The van der Waals surface area contributed by atoms with E-state index in [9.17, 15) is 5.11 Å². The Hall–Kier alpha value is -7.01. The van der Waals surface area contributed by atoms with Crippen LogP contribution >= 0.6 is 0 Å². The van der Waals surface area contributed by atoms with Crippen molar-refractivity contribution in [3.05, 3.63) is 181 Å². The summed E-state index contributed by atoms with van der Waals surface area (Å²) in [6.45, 7) is 13.1. The number of phenolic OH excluding ortho intramolecular Hbond substituents is 1. The van der Waals surface area contributed by atoms with Gasteiger partial charge < -0.3 is 13.9 Å². The maximum absolute atomic E-state index is 12.3. The summed E-state index contributed by atoms with van der Waals surface area (Å²) in [7, 11) is 0. The van der Waals surface area contributed by atoms with Crippen LogP contribution < -0.4 is 0 Å². The van der Waals surface area contributed by atoms with Crippen molar-refractivity contribution in [2.75, 3.05) is 0 Å². The van der Waals surface area contributed by atoms with Crippen molar-refractivity contribution in [1.29, 1.82) is 0 Å².